The predicted octanol–water partition coefficient (Wildman–Crippen LogP) is 4.62. The highest BCUT2D eigenvalue weighted by Gasteiger charge is 2.38. The van der Waals surface area contributed by atoms with E-state index in [2.05, 4.69) is 26.9 Å². The molecule has 0 spiro atoms. The molecule has 1 heterocycles. The Kier molecular flexibility index (Phi) is 5.07. The van der Waals surface area contributed by atoms with Crippen LogP contribution in [-0.4, -0.2) is 21.4 Å². The van der Waals surface area contributed by atoms with Gasteiger partial charge in [-0.1, -0.05) is 6.58 Å². The molecule has 0 aliphatic carbocycles. The minimum absolute atomic E-state index is 0.0869. The summed E-state index contributed by atoms with van der Waals surface area (Å²) < 4.78 is 41.6. The summed E-state index contributed by atoms with van der Waals surface area (Å²) in [4.78, 5) is 29.0. The lowest BCUT2D eigenvalue weighted by molar-refractivity contribution is -0.145. The zero-order chi connectivity index (χ0) is 21.2. The number of anilines is 1. The van der Waals surface area contributed by atoms with Crippen molar-refractivity contribution in [1.29, 1.82) is 0 Å². The van der Waals surface area contributed by atoms with Crippen LogP contribution < -0.4 is 5.32 Å². The third-order valence-corrected chi connectivity index (χ3v) is 3.87. The zero-order valence-corrected chi connectivity index (χ0v) is 14.5. The Morgan fingerprint density at radius 2 is 1.90 bits per heavy atom. The number of fused-ring (bicyclic) bond motifs is 1. The molecular weight excluding hydrogens is 389 g/mol. The van der Waals surface area contributed by atoms with E-state index in [9.17, 15) is 22.8 Å². The Hall–Kier alpha value is -4.11. The second-order valence-electron chi connectivity index (χ2n) is 5.71. The summed E-state index contributed by atoms with van der Waals surface area (Å²) in [6.07, 6.45) is -3.71. The first-order valence-electron chi connectivity index (χ1n) is 7.97. The van der Waals surface area contributed by atoms with Crippen LogP contribution in [0.25, 0.3) is 27.2 Å². The van der Waals surface area contributed by atoms with Gasteiger partial charge in [0.15, 0.2) is 0 Å². The molecular formula is C18H11F3N6O2. The minimum atomic E-state index is -4.77. The number of halogens is 3. The zero-order valence-electron chi connectivity index (χ0n) is 14.5. The van der Waals surface area contributed by atoms with E-state index < -0.39 is 23.8 Å². The molecule has 0 atom stereocenters. The molecule has 8 nitrogen and oxygen atoms in total. The van der Waals surface area contributed by atoms with Gasteiger partial charge in [-0.05, 0) is 59.2 Å². The van der Waals surface area contributed by atoms with Crippen LogP contribution in [0.5, 0.6) is 0 Å². The fourth-order valence-electron chi connectivity index (χ4n) is 2.65. The van der Waals surface area contributed by atoms with E-state index in [0.717, 1.165) is 16.7 Å². The number of amides is 2. The van der Waals surface area contributed by atoms with E-state index in [1.807, 2.05) is 0 Å². The first kappa shape index (κ1) is 19.6. The summed E-state index contributed by atoms with van der Waals surface area (Å²) in [6, 6.07) is 9.28. The van der Waals surface area contributed by atoms with Crippen LogP contribution in [0.3, 0.4) is 0 Å². The summed E-state index contributed by atoms with van der Waals surface area (Å²) in [7, 11) is 0. The van der Waals surface area contributed by atoms with Crippen LogP contribution >= 0.6 is 0 Å². The Labute approximate surface area is 160 Å². The first-order chi connectivity index (χ1) is 13.7. The second-order valence-corrected chi connectivity index (χ2v) is 5.71. The van der Waals surface area contributed by atoms with Gasteiger partial charge in [0.05, 0.1) is 11.0 Å². The van der Waals surface area contributed by atoms with Crippen LogP contribution in [-0.2, 0) is 11.0 Å². The van der Waals surface area contributed by atoms with Crippen LogP contribution in [0.2, 0.25) is 0 Å². The topological polar surface area (TPSA) is 113 Å². The summed E-state index contributed by atoms with van der Waals surface area (Å²) >= 11 is 0. The van der Waals surface area contributed by atoms with Gasteiger partial charge in [0.25, 0.3) is 0 Å². The van der Waals surface area contributed by atoms with Crippen molar-refractivity contribution in [3.63, 3.8) is 0 Å². The number of benzene rings is 2. The molecule has 11 heteroatoms. The Bertz CT molecular complexity index is 1170. The number of imidazole rings is 1. The highest BCUT2D eigenvalue weighted by Crippen LogP contribution is 2.34. The number of hydrogen-bond donors (Lipinski definition) is 1. The van der Waals surface area contributed by atoms with Crippen molar-refractivity contribution in [2.24, 2.45) is 5.11 Å². The molecule has 29 heavy (non-hydrogen) atoms. The molecule has 0 fully saturated rings. The molecule has 0 aliphatic heterocycles. The molecule has 1 aromatic heterocycles. The predicted molar refractivity (Wildman–Crippen MR) is 98.4 cm³/mol. The van der Waals surface area contributed by atoms with Crippen molar-refractivity contribution >= 4 is 28.5 Å². The SMILES string of the molecule is C=CC(=O)Nc1ccc(-n2c(C(F)(F)F)nc3cc(C(=O)N=[N+]=[N-])ccc32)cc1. The van der Waals surface area contributed by atoms with E-state index in [1.54, 1.807) is 0 Å². The molecule has 0 saturated heterocycles. The standard InChI is InChI=1S/C18H11F3N6O2/c1-2-15(28)23-11-4-6-12(7-5-11)27-14-8-3-10(16(29)25-26-22)9-13(14)24-17(27)18(19,20)21/h2-9H,1H2,(H,23,28). The highest BCUT2D eigenvalue weighted by molar-refractivity contribution is 5.99. The van der Waals surface area contributed by atoms with Gasteiger partial charge in [0.2, 0.25) is 17.6 Å². The van der Waals surface area contributed by atoms with Crippen LogP contribution in [0.4, 0.5) is 18.9 Å². The smallest absolute Gasteiger partial charge is 0.323 e. The fourth-order valence-corrected chi connectivity index (χ4v) is 2.65. The van der Waals surface area contributed by atoms with Crippen LogP contribution in [0.1, 0.15) is 16.2 Å². The van der Waals surface area contributed by atoms with Crippen LogP contribution in [0, 0.1) is 0 Å². The fraction of sp³-hybridized carbons (Fsp3) is 0.0556. The van der Waals surface area contributed by atoms with E-state index >= 15 is 0 Å². The third kappa shape index (κ3) is 3.94. The van der Waals surface area contributed by atoms with Gasteiger partial charge in [-0.2, -0.15) is 13.2 Å². The Morgan fingerprint density at radius 3 is 2.48 bits per heavy atom. The van der Waals surface area contributed by atoms with E-state index in [-0.39, 0.29) is 22.3 Å². The monoisotopic (exact) mass is 400 g/mol. The highest BCUT2D eigenvalue weighted by atomic mass is 19.4. The van der Waals surface area contributed by atoms with Crippen molar-refractivity contribution < 1.29 is 22.8 Å². The van der Waals surface area contributed by atoms with Crippen LogP contribution in [0.15, 0.2) is 60.2 Å². The molecule has 0 unspecified atom stereocenters. The number of carbonyl (C=O) groups excluding carboxylic acids is 2. The van der Waals surface area contributed by atoms with Gasteiger partial charge in [0, 0.05) is 21.8 Å². The molecule has 3 aromatic rings. The van der Waals surface area contributed by atoms with Gasteiger partial charge >= 0.3 is 6.18 Å². The third-order valence-electron chi connectivity index (χ3n) is 3.87. The summed E-state index contributed by atoms with van der Waals surface area (Å²) in [6.45, 7) is 3.32. The summed E-state index contributed by atoms with van der Waals surface area (Å²) in [5.74, 6) is -2.58. The summed E-state index contributed by atoms with van der Waals surface area (Å²) in [5, 5.41) is 5.42. The molecule has 0 aliphatic rings. The number of rotatable bonds is 4. The van der Waals surface area contributed by atoms with Crippen molar-refractivity contribution in [3.05, 3.63) is 77.0 Å². The maximum absolute atomic E-state index is 13.6. The van der Waals surface area contributed by atoms with Gasteiger partial charge < -0.3 is 5.32 Å². The van der Waals surface area contributed by atoms with E-state index in [4.69, 9.17) is 5.53 Å². The lowest BCUT2D eigenvalue weighted by Gasteiger charge is -2.12. The Morgan fingerprint density at radius 1 is 1.21 bits per heavy atom. The van der Waals surface area contributed by atoms with Gasteiger partial charge in [-0.3, -0.25) is 14.2 Å². The molecule has 0 radical (unpaired) electrons. The number of nitrogens with one attached hydrogen (secondary N) is 1. The molecule has 2 amide bonds. The minimum Gasteiger partial charge on any atom is -0.323 e. The van der Waals surface area contributed by atoms with Gasteiger partial charge in [-0.15, -0.1) is 0 Å². The normalized spacial score (nSPS) is 11.0. The number of carbonyl (C=O) groups is 2. The number of alkyl halides is 3. The molecule has 2 aromatic carbocycles. The second kappa shape index (κ2) is 7.49. The maximum atomic E-state index is 13.6. The first-order valence-corrected chi connectivity index (χ1v) is 7.97. The molecule has 146 valence electrons. The summed E-state index contributed by atoms with van der Waals surface area (Å²) in [5.41, 5.74) is 8.77. The van der Waals surface area contributed by atoms with E-state index in [1.165, 1.54) is 36.4 Å². The van der Waals surface area contributed by atoms with Gasteiger partial charge in [-0.25, -0.2) is 4.98 Å². The number of nitrogens with zero attached hydrogens (tertiary/aromatic N) is 5. The number of azide groups is 1. The lowest BCUT2D eigenvalue weighted by atomic mass is 10.2. The number of aromatic nitrogens is 2. The molecule has 1 N–H and O–H groups in total. The Balaban J connectivity index is 2.14. The van der Waals surface area contributed by atoms with Crippen molar-refractivity contribution in [3.8, 4) is 5.69 Å². The molecule has 0 bridgehead atoms. The quantitative estimate of drug-likeness (QED) is 0.298. The molecule has 3 rings (SSSR count). The number of hydrogen-bond acceptors (Lipinski definition) is 3. The van der Waals surface area contributed by atoms with Gasteiger partial charge in [0.1, 0.15) is 0 Å². The lowest BCUT2D eigenvalue weighted by Crippen LogP contribution is -2.14. The maximum Gasteiger partial charge on any atom is 0.450 e. The van der Waals surface area contributed by atoms with Crippen molar-refractivity contribution in [2.45, 2.75) is 6.18 Å². The average molecular weight is 400 g/mol. The van der Waals surface area contributed by atoms with Crippen molar-refractivity contribution in [2.75, 3.05) is 5.32 Å². The largest absolute Gasteiger partial charge is 0.450 e. The van der Waals surface area contributed by atoms with E-state index in [0.29, 0.717) is 5.69 Å². The molecule has 0 saturated carbocycles. The van der Waals surface area contributed by atoms with Crippen molar-refractivity contribution in [1.82, 2.24) is 9.55 Å². The average Bonchev–Trinajstić information content (AvgIpc) is 3.08.